The molecule has 0 aliphatic heterocycles. The van der Waals surface area contributed by atoms with E-state index in [9.17, 15) is 5.11 Å². The van der Waals surface area contributed by atoms with Gasteiger partial charge >= 0.3 is 0 Å². The Kier molecular flexibility index (Phi) is 5.82. The Morgan fingerprint density at radius 3 is 2.51 bits per heavy atom. The van der Waals surface area contributed by atoms with Crippen LogP contribution < -0.4 is 4.74 Å². The molecule has 6 heteroatoms. The predicted molar refractivity (Wildman–Crippen MR) is 135 cm³/mol. The number of aromatic hydroxyl groups is 1. The van der Waals surface area contributed by atoms with Gasteiger partial charge < -0.3 is 14.4 Å². The molecule has 0 aliphatic rings. The number of aryl methyl sites for hydroxylation is 3. The van der Waals surface area contributed by atoms with Gasteiger partial charge in [-0.05, 0) is 55.5 Å². The Morgan fingerprint density at radius 2 is 1.71 bits per heavy atom. The zero-order valence-corrected chi connectivity index (χ0v) is 21.7. The molecule has 0 saturated heterocycles. The van der Waals surface area contributed by atoms with Crippen LogP contribution in [0.2, 0.25) is 0 Å². The minimum atomic E-state index is 0. The van der Waals surface area contributed by atoms with E-state index in [2.05, 4.69) is 57.9 Å². The summed E-state index contributed by atoms with van der Waals surface area (Å²) in [7, 11) is 0. The fourth-order valence-corrected chi connectivity index (χ4v) is 4.58. The number of benzene rings is 3. The molecule has 3 aromatic heterocycles. The monoisotopic (exact) mass is 639 g/mol. The van der Waals surface area contributed by atoms with Crippen molar-refractivity contribution in [2.24, 2.45) is 0 Å². The quantitative estimate of drug-likeness (QED) is 0.213. The molecule has 3 heterocycles. The van der Waals surface area contributed by atoms with Crippen molar-refractivity contribution in [3.05, 3.63) is 95.7 Å². The number of fused-ring (bicyclic) bond motifs is 4. The Labute approximate surface area is 217 Å². The Bertz CT molecular complexity index is 1720. The van der Waals surface area contributed by atoms with Gasteiger partial charge in [-0.2, -0.15) is 6.07 Å². The fraction of sp³-hybridized carbons (Fsp3) is 0.103. The third kappa shape index (κ3) is 3.86. The van der Waals surface area contributed by atoms with E-state index in [4.69, 9.17) is 4.74 Å². The first-order valence-corrected chi connectivity index (χ1v) is 11.2. The van der Waals surface area contributed by atoms with E-state index in [0.29, 0.717) is 17.1 Å². The first-order valence-electron chi connectivity index (χ1n) is 11.2. The standard InChI is InChI=1S/C29H22N3O2.Pt/c1-17-10-13-26(30-16-17)32-23-8-4-6-18(2)28(23)22-12-11-20(15-24(22)32)34-27-14-19(3)21-7-5-9-25(33)29(21)31-27;/h4-14,16,33H,1-3H3;/q-1;. The van der Waals surface area contributed by atoms with Crippen molar-refractivity contribution in [3.8, 4) is 23.2 Å². The van der Waals surface area contributed by atoms with E-state index < -0.39 is 0 Å². The molecule has 6 aromatic rings. The molecule has 0 spiro atoms. The summed E-state index contributed by atoms with van der Waals surface area (Å²) in [5, 5.41) is 13.4. The summed E-state index contributed by atoms with van der Waals surface area (Å²) in [5.41, 5.74) is 5.76. The molecule has 0 amide bonds. The molecule has 1 N–H and O–H groups in total. The average Bonchev–Trinajstić information content (AvgIpc) is 3.15. The Hall–Kier alpha value is -3.69. The van der Waals surface area contributed by atoms with Crippen LogP contribution in [-0.4, -0.2) is 19.6 Å². The Morgan fingerprint density at radius 1 is 0.886 bits per heavy atom. The predicted octanol–water partition coefficient (Wildman–Crippen LogP) is 6.95. The number of ether oxygens (including phenoxy) is 1. The van der Waals surface area contributed by atoms with Crippen LogP contribution in [0.15, 0.2) is 72.9 Å². The minimum absolute atomic E-state index is 0. The molecule has 5 nitrogen and oxygen atoms in total. The largest absolute Gasteiger partial charge is 0.506 e. The molecule has 0 atom stereocenters. The smallest absolute Gasteiger partial charge is 0.217 e. The first-order chi connectivity index (χ1) is 16.5. The summed E-state index contributed by atoms with van der Waals surface area (Å²) in [4.78, 5) is 9.23. The van der Waals surface area contributed by atoms with Crippen molar-refractivity contribution >= 4 is 32.7 Å². The fourth-order valence-electron chi connectivity index (χ4n) is 4.58. The van der Waals surface area contributed by atoms with Crippen molar-refractivity contribution < 1.29 is 30.9 Å². The van der Waals surface area contributed by atoms with Crippen molar-refractivity contribution in [1.82, 2.24) is 14.5 Å². The number of phenols is 1. The average molecular weight is 640 g/mol. The molecule has 0 unspecified atom stereocenters. The van der Waals surface area contributed by atoms with Crippen LogP contribution in [0.5, 0.6) is 17.4 Å². The number of phenolic OH excluding ortho intramolecular Hbond substituents is 1. The maximum absolute atomic E-state index is 10.3. The SMILES string of the molecule is Cc1ccc(-n2c3[c-]c(Oc4cc(C)c5cccc(O)c5n4)ccc3c3c(C)cccc32)nc1.[Pt]. The maximum atomic E-state index is 10.3. The van der Waals surface area contributed by atoms with Gasteiger partial charge in [0.05, 0.1) is 0 Å². The minimum Gasteiger partial charge on any atom is -0.506 e. The van der Waals surface area contributed by atoms with Gasteiger partial charge in [0, 0.05) is 50.0 Å². The first kappa shape index (κ1) is 23.1. The molecule has 0 fully saturated rings. The van der Waals surface area contributed by atoms with Crippen LogP contribution in [0.1, 0.15) is 16.7 Å². The summed E-state index contributed by atoms with van der Waals surface area (Å²) in [6, 6.07) is 25.1. The summed E-state index contributed by atoms with van der Waals surface area (Å²) in [6.07, 6.45) is 1.87. The van der Waals surface area contributed by atoms with Crippen LogP contribution >= 0.6 is 0 Å². The second-order valence-corrected chi connectivity index (χ2v) is 8.64. The van der Waals surface area contributed by atoms with Gasteiger partial charge in [0.1, 0.15) is 17.1 Å². The van der Waals surface area contributed by atoms with Crippen LogP contribution in [0, 0.1) is 26.8 Å². The molecule has 35 heavy (non-hydrogen) atoms. The second-order valence-electron chi connectivity index (χ2n) is 8.64. The number of para-hydroxylation sites is 1. The molecule has 0 radical (unpaired) electrons. The van der Waals surface area contributed by atoms with Crippen LogP contribution in [0.4, 0.5) is 0 Å². The van der Waals surface area contributed by atoms with Gasteiger partial charge in [-0.1, -0.05) is 41.4 Å². The molecular formula is C29H22N3O2Pt-. The molecular weight excluding hydrogens is 617 g/mol. The molecule has 0 bridgehead atoms. The van der Waals surface area contributed by atoms with E-state index in [1.807, 2.05) is 50.4 Å². The zero-order chi connectivity index (χ0) is 23.4. The summed E-state index contributed by atoms with van der Waals surface area (Å²) in [6.45, 7) is 6.13. The third-order valence-corrected chi connectivity index (χ3v) is 6.22. The Balaban J connectivity index is 0.00000253. The topological polar surface area (TPSA) is 60.2 Å². The summed E-state index contributed by atoms with van der Waals surface area (Å²) in [5.74, 6) is 1.91. The van der Waals surface area contributed by atoms with Crippen molar-refractivity contribution in [2.75, 3.05) is 0 Å². The van der Waals surface area contributed by atoms with E-state index in [1.165, 1.54) is 10.9 Å². The van der Waals surface area contributed by atoms with E-state index in [1.54, 1.807) is 6.07 Å². The van der Waals surface area contributed by atoms with Gasteiger partial charge in [0.2, 0.25) is 5.88 Å². The van der Waals surface area contributed by atoms with Crippen molar-refractivity contribution in [1.29, 1.82) is 0 Å². The van der Waals surface area contributed by atoms with Gasteiger partial charge in [-0.3, -0.25) is 0 Å². The van der Waals surface area contributed by atoms with Gasteiger partial charge in [-0.15, -0.1) is 17.5 Å². The van der Waals surface area contributed by atoms with Crippen molar-refractivity contribution in [2.45, 2.75) is 20.8 Å². The van der Waals surface area contributed by atoms with Gasteiger partial charge in [0.15, 0.2) is 0 Å². The van der Waals surface area contributed by atoms with E-state index in [-0.39, 0.29) is 26.8 Å². The van der Waals surface area contributed by atoms with E-state index in [0.717, 1.165) is 38.8 Å². The zero-order valence-electron chi connectivity index (χ0n) is 19.4. The number of hydrogen-bond acceptors (Lipinski definition) is 4. The van der Waals surface area contributed by atoms with Crippen LogP contribution in [-0.2, 0) is 21.1 Å². The number of nitrogens with zero attached hydrogens (tertiary/aromatic N) is 3. The van der Waals surface area contributed by atoms with Crippen LogP contribution in [0.3, 0.4) is 0 Å². The summed E-state index contributed by atoms with van der Waals surface area (Å²) < 4.78 is 8.28. The molecule has 6 rings (SSSR count). The molecule has 0 saturated carbocycles. The molecule has 176 valence electrons. The molecule has 3 aromatic carbocycles. The van der Waals surface area contributed by atoms with Gasteiger partial charge in [0.25, 0.3) is 0 Å². The normalized spacial score (nSPS) is 11.2. The number of hydrogen-bond donors (Lipinski definition) is 1. The van der Waals surface area contributed by atoms with Gasteiger partial charge in [-0.25, -0.2) is 9.97 Å². The number of aromatic nitrogens is 3. The van der Waals surface area contributed by atoms with Crippen molar-refractivity contribution in [3.63, 3.8) is 0 Å². The second kappa shape index (κ2) is 8.83. The third-order valence-electron chi connectivity index (χ3n) is 6.22. The van der Waals surface area contributed by atoms with Crippen LogP contribution in [0.25, 0.3) is 38.5 Å². The number of rotatable bonds is 3. The summed E-state index contributed by atoms with van der Waals surface area (Å²) >= 11 is 0. The maximum Gasteiger partial charge on any atom is 0.217 e. The van der Waals surface area contributed by atoms with E-state index >= 15 is 0 Å². The molecule has 0 aliphatic carbocycles. The number of pyridine rings is 2.